The Morgan fingerprint density at radius 3 is 2.21 bits per heavy atom. The highest BCUT2D eigenvalue weighted by Crippen LogP contribution is 2.47. The van der Waals surface area contributed by atoms with Crippen molar-refractivity contribution < 1.29 is 0 Å². The highest BCUT2D eigenvalue weighted by molar-refractivity contribution is 5.95. The van der Waals surface area contributed by atoms with Crippen LogP contribution in [0.25, 0.3) is 11.1 Å². The number of fused-ring (bicyclic) bond motifs is 2. The molecular formula is C25H34N4. The lowest BCUT2D eigenvalue weighted by Gasteiger charge is -2.29. The second-order valence-corrected chi connectivity index (χ2v) is 9.13. The molecule has 2 aliphatic rings. The van der Waals surface area contributed by atoms with E-state index in [4.69, 9.17) is 0 Å². The van der Waals surface area contributed by atoms with Crippen LogP contribution in [0.2, 0.25) is 0 Å². The number of nitrogens with one attached hydrogen (secondary N) is 1. The lowest BCUT2D eigenvalue weighted by Crippen LogP contribution is -2.35. The lowest BCUT2D eigenvalue weighted by molar-refractivity contribution is 0.707. The first-order valence-corrected chi connectivity index (χ1v) is 10.9. The van der Waals surface area contributed by atoms with Crippen LogP contribution < -0.4 is 9.80 Å². The van der Waals surface area contributed by atoms with Crippen molar-refractivity contribution in [1.82, 2.24) is 10.2 Å². The zero-order valence-electron chi connectivity index (χ0n) is 19.0. The minimum absolute atomic E-state index is 0.366. The molecule has 2 heterocycles. The van der Waals surface area contributed by atoms with Crippen LogP contribution in [0, 0.1) is 13.8 Å². The molecule has 0 atom stereocenters. The largest absolute Gasteiger partial charge is 0.324 e. The van der Waals surface area contributed by atoms with Gasteiger partial charge in [0.2, 0.25) is 0 Å². The monoisotopic (exact) mass is 390 g/mol. The summed E-state index contributed by atoms with van der Waals surface area (Å²) in [5, 5.41) is 7.85. The van der Waals surface area contributed by atoms with Crippen molar-refractivity contribution >= 4 is 22.5 Å². The smallest absolute Gasteiger partial charge is 0.106 e. The molecule has 0 fully saturated rings. The number of benzene rings is 1. The number of nitrogens with zero attached hydrogens (tertiary/aromatic N) is 3. The van der Waals surface area contributed by atoms with Crippen molar-refractivity contribution in [3.63, 3.8) is 0 Å². The number of rotatable bonds is 3. The van der Waals surface area contributed by atoms with Gasteiger partial charge in [0.1, 0.15) is 5.82 Å². The summed E-state index contributed by atoms with van der Waals surface area (Å²) in [7, 11) is 0. The summed E-state index contributed by atoms with van der Waals surface area (Å²) in [6.45, 7) is 20.0. The first-order valence-electron chi connectivity index (χ1n) is 10.9. The number of aromatic nitrogens is 2. The van der Waals surface area contributed by atoms with Gasteiger partial charge in [-0.25, -0.2) is 0 Å². The second kappa shape index (κ2) is 7.08. The number of allylic oxidation sites excluding steroid dienone is 2. The highest BCUT2D eigenvalue weighted by atomic mass is 15.4. The maximum Gasteiger partial charge on any atom is 0.106 e. The third-order valence-electron chi connectivity index (χ3n) is 6.49. The van der Waals surface area contributed by atoms with Crippen molar-refractivity contribution in [2.45, 2.75) is 79.8 Å². The van der Waals surface area contributed by atoms with Gasteiger partial charge in [-0.05, 0) is 102 Å². The van der Waals surface area contributed by atoms with Gasteiger partial charge in [-0.15, -0.1) is 0 Å². The van der Waals surface area contributed by atoms with E-state index in [-0.39, 0.29) is 0 Å². The molecule has 1 aromatic heterocycles. The van der Waals surface area contributed by atoms with E-state index in [1.54, 1.807) is 0 Å². The predicted octanol–water partition coefficient (Wildman–Crippen LogP) is 6.21. The Hall–Kier alpha value is -2.49. The summed E-state index contributed by atoms with van der Waals surface area (Å²) in [6.07, 6.45) is 3.35. The fraction of sp³-hybridized carbons (Fsp3) is 0.480. The van der Waals surface area contributed by atoms with Gasteiger partial charge in [0.25, 0.3) is 0 Å². The Morgan fingerprint density at radius 1 is 0.966 bits per heavy atom. The van der Waals surface area contributed by atoms with E-state index in [0.29, 0.717) is 12.1 Å². The van der Waals surface area contributed by atoms with Gasteiger partial charge in [-0.2, -0.15) is 5.10 Å². The summed E-state index contributed by atoms with van der Waals surface area (Å²) in [4.78, 5) is 4.75. The summed E-state index contributed by atoms with van der Waals surface area (Å²) < 4.78 is 0. The molecule has 4 nitrogen and oxygen atoms in total. The molecule has 4 rings (SSSR count). The molecule has 0 unspecified atom stereocenters. The van der Waals surface area contributed by atoms with Crippen molar-refractivity contribution in [3.05, 3.63) is 52.6 Å². The van der Waals surface area contributed by atoms with Crippen molar-refractivity contribution in [2.24, 2.45) is 0 Å². The highest BCUT2D eigenvalue weighted by Gasteiger charge is 2.34. The summed E-state index contributed by atoms with van der Waals surface area (Å²) in [6, 6.07) is 5.51. The molecule has 0 radical (unpaired) electrons. The van der Waals surface area contributed by atoms with Crippen molar-refractivity contribution in [3.8, 4) is 0 Å². The minimum Gasteiger partial charge on any atom is -0.324 e. The normalized spacial score (nSPS) is 16.8. The van der Waals surface area contributed by atoms with E-state index in [2.05, 4.69) is 87.2 Å². The maximum atomic E-state index is 4.65. The Bertz CT molecular complexity index is 1010. The first kappa shape index (κ1) is 19.8. The molecule has 1 aromatic carbocycles. The number of H-pyrrole nitrogens is 1. The van der Waals surface area contributed by atoms with E-state index in [0.717, 1.165) is 30.8 Å². The van der Waals surface area contributed by atoms with Gasteiger partial charge in [-0.1, -0.05) is 6.58 Å². The Labute approximate surface area is 175 Å². The molecule has 0 saturated carbocycles. The van der Waals surface area contributed by atoms with Gasteiger partial charge < -0.3 is 9.80 Å². The topological polar surface area (TPSA) is 35.2 Å². The minimum atomic E-state index is 0.366. The molecule has 0 amide bonds. The standard InChI is InChI=1S/C25H34N4/c1-14(2)28-19(8)29(15(3)4)24-13-22(16(5)12-23(24)28)20-10-9-11-21-18(7)26-27-25(21)17(20)6/h12-15H,8-11H2,1-7H3,(H,26,27). The van der Waals surface area contributed by atoms with Gasteiger partial charge >= 0.3 is 0 Å². The zero-order chi connectivity index (χ0) is 21.0. The Morgan fingerprint density at radius 2 is 1.59 bits per heavy atom. The molecule has 2 aromatic rings. The van der Waals surface area contributed by atoms with Crippen LogP contribution >= 0.6 is 0 Å². The number of aryl methyl sites for hydroxylation is 2. The van der Waals surface area contributed by atoms with E-state index in [1.807, 2.05) is 0 Å². The molecule has 29 heavy (non-hydrogen) atoms. The third-order valence-corrected chi connectivity index (χ3v) is 6.49. The predicted molar refractivity (Wildman–Crippen MR) is 124 cm³/mol. The first-order chi connectivity index (χ1) is 13.7. The van der Waals surface area contributed by atoms with Crippen LogP contribution in [0.5, 0.6) is 0 Å². The summed E-state index contributed by atoms with van der Waals surface area (Å²) in [5.74, 6) is 1.08. The van der Waals surface area contributed by atoms with Crippen LogP contribution in [0.15, 0.2) is 24.5 Å². The second-order valence-electron chi connectivity index (χ2n) is 9.13. The van der Waals surface area contributed by atoms with Crippen LogP contribution in [0.3, 0.4) is 0 Å². The third kappa shape index (κ3) is 3.00. The van der Waals surface area contributed by atoms with Gasteiger partial charge in [0.15, 0.2) is 0 Å². The van der Waals surface area contributed by atoms with Crippen molar-refractivity contribution in [1.29, 1.82) is 0 Å². The van der Waals surface area contributed by atoms with E-state index >= 15 is 0 Å². The van der Waals surface area contributed by atoms with Crippen LogP contribution in [-0.4, -0.2) is 22.3 Å². The molecule has 0 saturated heterocycles. The molecule has 1 aliphatic carbocycles. The molecule has 4 heteroatoms. The van der Waals surface area contributed by atoms with Gasteiger partial charge in [-0.3, -0.25) is 5.10 Å². The number of anilines is 2. The quantitative estimate of drug-likeness (QED) is 0.677. The fourth-order valence-electron chi connectivity index (χ4n) is 5.12. The van der Waals surface area contributed by atoms with Gasteiger partial charge in [0.05, 0.1) is 17.1 Å². The molecule has 0 bridgehead atoms. The molecule has 0 spiro atoms. The van der Waals surface area contributed by atoms with Crippen molar-refractivity contribution in [2.75, 3.05) is 9.80 Å². The number of aromatic amines is 1. The SMILES string of the molecule is C=C1N(C(C)C)c2cc(C)c(C3=C(C)c4n[nH]c(C)c4CCC3)cc2N1C(C)C. The van der Waals surface area contributed by atoms with E-state index in [9.17, 15) is 0 Å². The van der Waals surface area contributed by atoms with Crippen LogP contribution in [0.4, 0.5) is 11.4 Å². The van der Waals surface area contributed by atoms with E-state index < -0.39 is 0 Å². The summed E-state index contributed by atoms with van der Waals surface area (Å²) in [5.41, 5.74) is 11.8. The lowest BCUT2D eigenvalue weighted by atomic mass is 9.92. The number of hydrogen-bond donors (Lipinski definition) is 1. The van der Waals surface area contributed by atoms with E-state index in [1.165, 1.54) is 44.9 Å². The fourth-order valence-corrected chi connectivity index (χ4v) is 5.12. The zero-order valence-corrected chi connectivity index (χ0v) is 19.0. The van der Waals surface area contributed by atoms with Gasteiger partial charge in [0, 0.05) is 23.3 Å². The molecule has 1 N–H and O–H groups in total. The Balaban J connectivity index is 1.90. The Kier molecular flexibility index (Phi) is 4.84. The summed E-state index contributed by atoms with van der Waals surface area (Å²) >= 11 is 0. The number of hydrogen-bond acceptors (Lipinski definition) is 3. The molecular weight excluding hydrogens is 356 g/mol. The average Bonchev–Trinajstić information content (AvgIpc) is 3.08. The van der Waals surface area contributed by atoms with Crippen LogP contribution in [-0.2, 0) is 6.42 Å². The molecule has 1 aliphatic heterocycles. The maximum absolute atomic E-state index is 4.65. The average molecular weight is 391 g/mol. The molecule has 154 valence electrons. The van der Waals surface area contributed by atoms with Crippen LogP contribution in [0.1, 0.15) is 75.5 Å².